The Kier molecular flexibility index (Phi) is 3.69. The van der Waals surface area contributed by atoms with Gasteiger partial charge < -0.3 is 4.74 Å². The quantitative estimate of drug-likeness (QED) is 0.617. The molecular weight excluding hydrogens is 242 g/mol. The van der Waals surface area contributed by atoms with Gasteiger partial charge in [0.25, 0.3) is 5.91 Å². The minimum Gasteiger partial charge on any atom is -0.464 e. The van der Waals surface area contributed by atoms with Crippen LogP contribution in [0.5, 0.6) is 0 Å². The zero-order valence-electron chi connectivity index (χ0n) is 11.2. The van der Waals surface area contributed by atoms with Crippen LogP contribution < -0.4 is 4.90 Å². The van der Waals surface area contributed by atoms with Gasteiger partial charge in [0.1, 0.15) is 6.04 Å². The third-order valence-corrected chi connectivity index (χ3v) is 3.12. The third kappa shape index (κ3) is 2.38. The lowest BCUT2D eigenvalue weighted by atomic mass is 10.1. The Bertz CT molecular complexity index is 536. The molecule has 1 heterocycles. The number of rotatable bonds is 3. The molecule has 0 bridgehead atoms. The van der Waals surface area contributed by atoms with Gasteiger partial charge in [0.15, 0.2) is 0 Å². The lowest BCUT2D eigenvalue weighted by molar-refractivity contribution is -0.145. The van der Waals surface area contributed by atoms with Crippen molar-refractivity contribution >= 4 is 17.6 Å². The number of amides is 1. The Balaban J connectivity index is 2.39. The van der Waals surface area contributed by atoms with Gasteiger partial charge in [-0.1, -0.05) is 24.8 Å². The molecule has 2 rings (SSSR count). The fraction of sp³-hybridized carbons (Fsp3) is 0.333. The van der Waals surface area contributed by atoms with Crippen molar-refractivity contribution in [3.05, 3.63) is 42.0 Å². The topological polar surface area (TPSA) is 46.6 Å². The van der Waals surface area contributed by atoms with Crippen LogP contribution in [0.25, 0.3) is 0 Å². The zero-order chi connectivity index (χ0) is 14.0. The van der Waals surface area contributed by atoms with Crippen molar-refractivity contribution in [1.82, 2.24) is 0 Å². The van der Waals surface area contributed by atoms with E-state index in [0.29, 0.717) is 18.6 Å². The van der Waals surface area contributed by atoms with E-state index < -0.39 is 6.04 Å². The number of nitrogens with zero attached hydrogens (tertiary/aromatic N) is 1. The van der Waals surface area contributed by atoms with Crippen LogP contribution in [0.1, 0.15) is 19.4 Å². The molecule has 0 aliphatic carbocycles. The number of hydrogen-bond donors (Lipinski definition) is 0. The largest absolute Gasteiger partial charge is 0.464 e. The van der Waals surface area contributed by atoms with Gasteiger partial charge in [-0.3, -0.25) is 9.69 Å². The summed E-state index contributed by atoms with van der Waals surface area (Å²) in [4.78, 5) is 25.7. The zero-order valence-corrected chi connectivity index (χ0v) is 11.2. The van der Waals surface area contributed by atoms with Crippen molar-refractivity contribution in [1.29, 1.82) is 0 Å². The fourth-order valence-corrected chi connectivity index (χ4v) is 2.27. The summed E-state index contributed by atoms with van der Waals surface area (Å²) in [6, 6.07) is 6.94. The minimum absolute atomic E-state index is 0.233. The highest BCUT2D eigenvalue weighted by Gasteiger charge is 2.39. The number of carbonyl (C=O) groups is 2. The molecule has 1 aliphatic heterocycles. The summed E-state index contributed by atoms with van der Waals surface area (Å²) in [7, 11) is 0. The van der Waals surface area contributed by atoms with Gasteiger partial charge in [-0.15, -0.1) is 0 Å². The standard InChI is InChI=1S/C15H17NO3/c1-4-19-15(18)13-9-11-7-5-6-8-12(11)16(13)14(17)10(2)3/h5-8,13H,2,4,9H2,1,3H3. The number of para-hydroxylation sites is 1. The molecule has 4 nitrogen and oxygen atoms in total. The number of benzene rings is 1. The predicted octanol–water partition coefficient (Wildman–Crippen LogP) is 2.08. The van der Waals surface area contributed by atoms with Gasteiger partial charge in [-0.05, 0) is 25.5 Å². The van der Waals surface area contributed by atoms with Crippen LogP contribution >= 0.6 is 0 Å². The van der Waals surface area contributed by atoms with E-state index >= 15 is 0 Å². The second kappa shape index (κ2) is 5.26. The molecule has 1 aromatic rings. The Hall–Kier alpha value is -2.10. The molecule has 19 heavy (non-hydrogen) atoms. The van der Waals surface area contributed by atoms with Crippen molar-refractivity contribution in [2.45, 2.75) is 26.3 Å². The molecule has 0 saturated carbocycles. The number of ether oxygens (including phenoxy) is 1. The Morgan fingerprint density at radius 1 is 1.42 bits per heavy atom. The van der Waals surface area contributed by atoms with Crippen LogP contribution in [0.15, 0.2) is 36.4 Å². The molecule has 1 aliphatic rings. The monoisotopic (exact) mass is 259 g/mol. The van der Waals surface area contributed by atoms with Crippen LogP contribution in [-0.4, -0.2) is 24.5 Å². The highest BCUT2D eigenvalue weighted by Crippen LogP contribution is 2.33. The van der Waals surface area contributed by atoms with Gasteiger partial charge in [0.2, 0.25) is 0 Å². The first-order chi connectivity index (χ1) is 9.06. The maximum Gasteiger partial charge on any atom is 0.329 e. The van der Waals surface area contributed by atoms with Crippen LogP contribution in [0.3, 0.4) is 0 Å². The van der Waals surface area contributed by atoms with Crippen molar-refractivity contribution in [2.24, 2.45) is 0 Å². The molecule has 1 atom stereocenters. The van der Waals surface area contributed by atoms with E-state index in [1.807, 2.05) is 24.3 Å². The highest BCUT2D eigenvalue weighted by atomic mass is 16.5. The van der Waals surface area contributed by atoms with E-state index in [4.69, 9.17) is 4.74 Å². The molecule has 0 aromatic heterocycles. The summed E-state index contributed by atoms with van der Waals surface area (Å²) in [6.45, 7) is 7.37. The van der Waals surface area contributed by atoms with Gasteiger partial charge in [0, 0.05) is 17.7 Å². The first-order valence-electron chi connectivity index (χ1n) is 6.29. The summed E-state index contributed by atoms with van der Waals surface area (Å²) in [5.74, 6) is -0.601. The Morgan fingerprint density at radius 3 is 2.74 bits per heavy atom. The SMILES string of the molecule is C=C(C)C(=O)N1c2ccccc2CC1C(=O)OCC. The molecule has 0 N–H and O–H groups in total. The summed E-state index contributed by atoms with van der Waals surface area (Å²) in [6.07, 6.45) is 0.494. The predicted molar refractivity (Wildman–Crippen MR) is 72.9 cm³/mol. The summed E-state index contributed by atoms with van der Waals surface area (Å²) in [5.41, 5.74) is 2.16. The molecule has 0 spiro atoms. The van der Waals surface area contributed by atoms with Crippen molar-refractivity contribution in [2.75, 3.05) is 11.5 Å². The lowest BCUT2D eigenvalue weighted by Crippen LogP contribution is -2.44. The number of anilines is 1. The van der Waals surface area contributed by atoms with E-state index in [0.717, 1.165) is 11.3 Å². The van der Waals surface area contributed by atoms with E-state index in [9.17, 15) is 9.59 Å². The first kappa shape index (κ1) is 13.3. The smallest absolute Gasteiger partial charge is 0.329 e. The Labute approximate surface area is 112 Å². The van der Waals surface area contributed by atoms with Crippen LogP contribution in [-0.2, 0) is 20.7 Å². The maximum atomic E-state index is 12.2. The fourth-order valence-electron chi connectivity index (χ4n) is 2.27. The van der Waals surface area contributed by atoms with Gasteiger partial charge in [0.05, 0.1) is 6.61 Å². The van der Waals surface area contributed by atoms with Crippen molar-refractivity contribution in [3.8, 4) is 0 Å². The molecule has 0 saturated heterocycles. The minimum atomic E-state index is -0.582. The summed E-state index contributed by atoms with van der Waals surface area (Å²) in [5, 5.41) is 0. The molecule has 1 unspecified atom stereocenters. The lowest BCUT2D eigenvalue weighted by Gasteiger charge is -2.24. The highest BCUT2D eigenvalue weighted by molar-refractivity contribution is 6.10. The van der Waals surface area contributed by atoms with Crippen LogP contribution in [0.4, 0.5) is 5.69 Å². The average molecular weight is 259 g/mol. The maximum absolute atomic E-state index is 12.2. The molecule has 1 aromatic carbocycles. The van der Waals surface area contributed by atoms with Crippen LogP contribution in [0, 0.1) is 0 Å². The number of fused-ring (bicyclic) bond motifs is 1. The van der Waals surface area contributed by atoms with Gasteiger partial charge >= 0.3 is 5.97 Å². The van der Waals surface area contributed by atoms with Crippen LogP contribution in [0.2, 0.25) is 0 Å². The van der Waals surface area contributed by atoms with E-state index in [2.05, 4.69) is 6.58 Å². The molecule has 100 valence electrons. The molecule has 1 amide bonds. The number of esters is 1. The van der Waals surface area contributed by atoms with E-state index in [1.54, 1.807) is 13.8 Å². The van der Waals surface area contributed by atoms with Gasteiger partial charge in [-0.25, -0.2) is 4.79 Å². The third-order valence-electron chi connectivity index (χ3n) is 3.12. The van der Waals surface area contributed by atoms with E-state index in [-0.39, 0.29) is 11.9 Å². The second-order valence-corrected chi connectivity index (χ2v) is 4.56. The summed E-state index contributed by atoms with van der Waals surface area (Å²) < 4.78 is 5.05. The average Bonchev–Trinajstić information content (AvgIpc) is 2.77. The number of hydrogen-bond acceptors (Lipinski definition) is 3. The first-order valence-corrected chi connectivity index (χ1v) is 6.29. The van der Waals surface area contributed by atoms with Gasteiger partial charge in [-0.2, -0.15) is 0 Å². The summed E-state index contributed by atoms with van der Waals surface area (Å²) >= 11 is 0. The molecular formula is C15H17NO3. The van der Waals surface area contributed by atoms with E-state index in [1.165, 1.54) is 4.90 Å². The Morgan fingerprint density at radius 2 is 2.11 bits per heavy atom. The normalized spacial score (nSPS) is 16.9. The van der Waals surface area contributed by atoms with Crippen molar-refractivity contribution < 1.29 is 14.3 Å². The second-order valence-electron chi connectivity index (χ2n) is 4.56. The molecule has 4 heteroatoms. The molecule has 0 radical (unpaired) electrons. The molecule has 0 fully saturated rings. The number of carbonyl (C=O) groups excluding carboxylic acids is 2. The van der Waals surface area contributed by atoms with Crippen molar-refractivity contribution in [3.63, 3.8) is 0 Å².